The highest BCUT2D eigenvalue weighted by atomic mass is 16.5. The van der Waals surface area contributed by atoms with E-state index in [1.807, 2.05) is 42.5 Å². The zero-order chi connectivity index (χ0) is 19.4. The molecule has 2 aromatic rings. The molecule has 6 heteroatoms. The first-order valence-corrected chi connectivity index (χ1v) is 8.46. The highest BCUT2D eigenvalue weighted by Crippen LogP contribution is 2.26. The number of hydrogen-bond donors (Lipinski definition) is 0. The molecule has 1 heterocycles. The molecule has 1 amide bonds. The lowest BCUT2D eigenvalue weighted by Crippen LogP contribution is -2.21. The van der Waals surface area contributed by atoms with Crippen LogP contribution in [-0.4, -0.2) is 24.7 Å². The highest BCUT2D eigenvalue weighted by molar-refractivity contribution is 6.32. The molecule has 0 saturated carbocycles. The number of carbonyl (C=O) groups is 2. The number of hydrazone groups is 1. The molecule has 0 N–H and O–H groups in total. The summed E-state index contributed by atoms with van der Waals surface area (Å²) in [5.41, 5.74) is 3.40. The summed E-state index contributed by atoms with van der Waals surface area (Å²) in [5.74, 6) is 0.0664. The molecule has 0 saturated heterocycles. The fourth-order valence-corrected chi connectivity index (χ4v) is 2.78. The van der Waals surface area contributed by atoms with E-state index in [-0.39, 0.29) is 18.5 Å². The van der Waals surface area contributed by atoms with Gasteiger partial charge in [-0.1, -0.05) is 24.3 Å². The van der Waals surface area contributed by atoms with Crippen molar-refractivity contribution in [1.82, 2.24) is 0 Å². The van der Waals surface area contributed by atoms with Crippen LogP contribution in [0.4, 0.5) is 5.69 Å². The molecule has 0 atom stereocenters. The minimum Gasteiger partial charge on any atom is -0.496 e. The van der Waals surface area contributed by atoms with Gasteiger partial charge in [0, 0.05) is 12.5 Å². The second-order valence-corrected chi connectivity index (χ2v) is 6.05. The summed E-state index contributed by atoms with van der Waals surface area (Å²) >= 11 is 0. The second-order valence-electron chi connectivity index (χ2n) is 6.05. The van der Waals surface area contributed by atoms with E-state index >= 15 is 0 Å². The number of hydrogen-bond acceptors (Lipinski definition) is 5. The van der Waals surface area contributed by atoms with E-state index < -0.39 is 0 Å². The Labute approximate surface area is 157 Å². The standard InChI is InChI=1S/C21H20N2O4/c1-14-19(21(25)23(22-14)18-7-5-4-6-8-18)12-16-9-10-20(26-3)17(11-16)13-27-15(2)24/h4-12H,13H2,1-3H3/b19-12+. The Kier molecular flexibility index (Phi) is 5.35. The monoisotopic (exact) mass is 364 g/mol. The van der Waals surface area contributed by atoms with Crippen LogP contribution in [-0.2, 0) is 20.9 Å². The van der Waals surface area contributed by atoms with Gasteiger partial charge in [-0.05, 0) is 42.8 Å². The number of methoxy groups -OCH3 is 1. The van der Waals surface area contributed by atoms with Gasteiger partial charge in [-0.3, -0.25) is 9.59 Å². The predicted octanol–water partition coefficient (Wildman–Crippen LogP) is 3.56. The first-order valence-electron chi connectivity index (χ1n) is 8.46. The van der Waals surface area contributed by atoms with Crippen molar-refractivity contribution in [2.45, 2.75) is 20.5 Å². The van der Waals surface area contributed by atoms with Crippen LogP contribution in [0.25, 0.3) is 6.08 Å². The van der Waals surface area contributed by atoms with Crippen LogP contribution in [0.2, 0.25) is 0 Å². The minimum atomic E-state index is -0.367. The Morgan fingerprint density at radius 1 is 1.19 bits per heavy atom. The summed E-state index contributed by atoms with van der Waals surface area (Å²) in [6.07, 6.45) is 1.78. The van der Waals surface area contributed by atoms with E-state index in [9.17, 15) is 9.59 Å². The molecule has 0 aromatic heterocycles. The first kappa shape index (κ1) is 18.4. The number of nitrogens with zero attached hydrogens (tertiary/aromatic N) is 2. The molecule has 3 rings (SSSR count). The molecule has 6 nitrogen and oxygen atoms in total. The zero-order valence-electron chi connectivity index (χ0n) is 15.4. The number of amides is 1. The van der Waals surface area contributed by atoms with Crippen molar-refractivity contribution >= 4 is 29.4 Å². The van der Waals surface area contributed by atoms with Gasteiger partial charge in [-0.25, -0.2) is 0 Å². The van der Waals surface area contributed by atoms with Crippen molar-refractivity contribution in [3.63, 3.8) is 0 Å². The summed E-state index contributed by atoms with van der Waals surface area (Å²) in [6.45, 7) is 3.26. The molecule has 0 bridgehead atoms. The molecule has 1 aliphatic heterocycles. The smallest absolute Gasteiger partial charge is 0.302 e. The molecule has 1 aliphatic rings. The third-order valence-corrected chi connectivity index (χ3v) is 4.11. The molecular formula is C21H20N2O4. The number of para-hydroxylation sites is 1. The van der Waals surface area contributed by atoms with E-state index in [0.29, 0.717) is 17.0 Å². The van der Waals surface area contributed by atoms with Crippen molar-refractivity contribution in [2.75, 3.05) is 12.1 Å². The quantitative estimate of drug-likeness (QED) is 0.601. The SMILES string of the molecule is COc1ccc(/C=C2/C(=O)N(c3ccccc3)N=C2C)cc1COC(C)=O. The van der Waals surface area contributed by atoms with Crippen molar-refractivity contribution in [2.24, 2.45) is 5.10 Å². The maximum Gasteiger partial charge on any atom is 0.302 e. The molecule has 0 spiro atoms. The molecule has 0 unspecified atom stereocenters. The number of anilines is 1. The van der Waals surface area contributed by atoms with Crippen molar-refractivity contribution in [1.29, 1.82) is 0 Å². The largest absolute Gasteiger partial charge is 0.496 e. The number of ether oxygens (including phenoxy) is 2. The lowest BCUT2D eigenvalue weighted by Gasteiger charge is -2.11. The molecular weight excluding hydrogens is 344 g/mol. The lowest BCUT2D eigenvalue weighted by atomic mass is 10.0. The molecule has 27 heavy (non-hydrogen) atoms. The Morgan fingerprint density at radius 2 is 1.93 bits per heavy atom. The van der Waals surface area contributed by atoms with Gasteiger partial charge in [-0.2, -0.15) is 10.1 Å². The van der Waals surface area contributed by atoms with Crippen LogP contribution in [0.5, 0.6) is 5.75 Å². The van der Waals surface area contributed by atoms with Crippen molar-refractivity contribution in [3.05, 3.63) is 65.2 Å². The number of benzene rings is 2. The second kappa shape index (κ2) is 7.86. The van der Waals surface area contributed by atoms with Gasteiger partial charge in [-0.15, -0.1) is 0 Å². The van der Waals surface area contributed by atoms with E-state index in [1.165, 1.54) is 11.9 Å². The van der Waals surface area contributed by atoms with Crippen LogP contribution < -0.4 is 9.75 Å². The van der Waals surface area contributed by atoms with Gasteiger partial charge >= 0.3 is 5.97 Å². The summed E-state index contributed by atoms with van der Waals surface area (Å²) in [5, 5.41) is 5.76. The maximum absolute atomic E-state index is 12.8. The first-order chi connectivity index (χ1) is 13.0. The summed E-state index contributed by atoms with van der Waals surface area (Å²) in [6, 6.07) is 14.7. The fourth-order valence-electron chi connectivity index (χ4n) is 2.78. The fraction of sp³-hybridized carbons (Fsp3) is 0.190. The van der Waals surface area contributed by atoms with Crippen LogP contribution >= 0.6 is 0 Å². The maximum atomic E-state index is 12.8. The predicted molar refractivity (Wildman–Crippen MR) is 103 cm³/mol. The number of carbonyl (C=O) groups excluding carboxylic acids is 2. The molecule has 2 aromatic carbocycles. The molecule has 0 fully saturated rings. The van der Waals surface area contributed by atoms with E-state index in [4.69, 9.17) is 9.47 Å². The average Bonchev–Trinajstić information content (AvgIpc) is 2.95. The summed E-state index contributed by atoms with van der Waals surface area (Å²) < 4.78 is 10.4. The lowest BCUT2D eigenvalue weighted by molar-refractivity contribution is -0.142. The van der Waals surface area contributed by atoms with Gasteiger partial charge in [0.2, 0.25) is 0 Å². The van der Waals surface area contributed by atoms with Crippen LogP contribution in [0.1, 0.15) is 25.0 Å². The third-order valence-electron chi connectivity index (χ3n) is 4.11. The minimum absolute atomic E-state index is 0.104. The van der Waals surface area contributed by atoms with Gasteiger partial charge in [0.15, 0.2) is 0 Å². The Balaban J connectivity index is 1.90. The van der Waals surface area contributed by atoms with Crippen LogP contribution in [0, 0.1) is 0 Å². The Bertz CT molecular complexity index is 932. The van der Waals surface area contributed by atoms with E-state index in [2.05, 4.69) is 5.10 Å². The highest BCUT2D eigenvalue weighted by Gasteiger charge is 2.28. The Morgan fingerprint density at radius 3 is 2.59 bits per heavy atom. The molecule has 0 aliphatic carbocycles. The third kappa shape index (κ3) is 4.06. The van der Waals surface area contributed by atoms with Gasteiger partial charge in [0.05, 0.1) is 24.1 Å². The van der Waals surface area contributed by atoms with Gasteiger partial charge in [0.25, 0.3) is 5.91 Å². The van der Waals surface area contributed by atoms with Gasteiger partial charge < -0.3 is 9.47 Å². The molecule has 0 radical (unpaired) electrons. The summed E-state index contributed by atoms with van der Waals surface area (Å²) in [4.78, 5) is 23.9. The average molecular weight is 364 g/mol. The van der Waals surface area contributed by atoms with E-state index in [0.717, 1.165) is 16.8 Å². The number of esters is 1. The van der Waals surface area contributed by atoms with Crippen LogP contribution in [0.3, 0.4) is 0 Å². The van der Waals surface area contributed by atoms with Crippen LogP contribution in [0.15, 0.2) is 59.2 Å². The zero-order valence-corrected chi connectivity index (χ0v) is 15.4. The number of rotatable bonds is 5. The van der Waals surface area contributed by atoms with E-state index in [1.54, 1.807) is 26.2 Å². The van der Waals surface area contributed by atoms with Gasteiger partial charge in [0.1, 0.15) is 12.4 Å². The van der Waals surface area contributed by atoms with Crippen molar-refractivity contribution < 1.29 is 19.1 Å². The Hall–Kier alpha value is -3.41. The topological polar surface area (TPSA) is 68.2 Å². The molecule has 138 valence electrons. The normalized spacial score (nSPS) is 15.1. The van der Waals surface area contributed by atoms with Crippen molar-refractivity contribution in [3.8, 4) is 5.75 Å². The summed E-state index contributed by atoms with van der Waals surface area (Å²) in [7, 11) is 1.56.